The molecule has 2 unspecified atom stereocenters. The van der Waals surface area contributed by atoms with E-state index in [0.29, 0.717) is 18.9 Å². The molecule has 4 heteroatoms. The monoisotopic (exact) mass is 339 g/mol. The molecule has 132 valence electrons. The number of aryl methyl sites for hydroxylation is 1. The van der Waals surface area contributed by atoms with Crippen LogP contribution in [0.4, 0.5) is 0 Å². The number of carbonyl (C=O) groups is 1. The summed E-state index contributed by atoms with van der Waals surface area (Å²) < 4.78 is 6.00. The van der Waals surface area contributed by atoms with E-state index in [-0.39, 0.29) is 17.8 Å². The van der Waals surface area contributed by atoms with Crippen molar-refractivity contribution in [2.75, 3.05) is 13.2 Å². The van der Waals surface area contributed by atoms with Crippen LogP contribution in [0.1, 0.15) is 35.6 Å². The summed E-state index contributed by atoms with van der Waals surface area (Å²) in [6.07, 6.45) is 2.45. The number of rotatable bonds is 5. The van der Waals surface area contributed by atoms with E-state index in [1.165, 1.54) is 11.1 Å². The lowest BCUT2D eigenvalue weighted by molar-refractivity contribution is -0.121. The van der Waals surface area contributed by atoms with Gasteiger partial charge in [0.25, 0.3) is 0 Å². The summed E-state index contributed by atoms with van der Waals surface area (Å²) in [6.45, 7) is 3.47. The number of phenolic OH excluding ortho intramolecular Hbond substituents is 1. The number of amides is 1. The highest BCUT2D eigenvalue weighted by atomic mass is 16.5. The van der Waals surface area contributed by atoms with Gasteiger partial charge in [-0.1, -0.05) is 42.0 Å². The maximum absolute atomic E-state index is 12.2. The number of aromatic hydroxyl groups is 1. The molecule has 0 saturated carbocycles. The average Bonchev–Trinajstić information content (AvgIpc) is 2.63. The van der Waals surface area contributed by atoms with Gasteiger partial charge in [-0.2, -0.15) is 0 Å². The fourth-order valence-corrected chi connectivity index (χ4v) is 3.28. The first-order valence-electron chi connectivity index (χ1n) is 8.84. The van der Waals surface area contributed by atoms with Gasteiger partial charge in [0, 0.05) is 19.1 Å². The normalized spacial score (nSPS) is 20.2. The number of hydrogen-bond acceptors (Lipinski definition) is 3. The van der Waals surface area contributed by atoms with Crippen LogP contribution in [0.15, 0.2) is 48.5 Å². The van der Waals surface area contributed by atoms with Crippen LogP contribution in [0.25, 0.3) is 0 Å². The lowest BCUT2D eigenvalue weighted by Gasteiger charge is -2.32. The van der Waals surface area contributed by atoms with Crippen LogP contribution in [0.2, 0.25) is 0 Å². The van der Waals surface area contributed by atoms with Gasteiger partial charge in [-0.15, -0.1) is 0 Å². The molecule has 0 spiro atoms. The van der Waals surface area contributed by atoms with E-state index < -0.39 is 0 Å². The Labute approximate surface area is 148 Å². The summed E-state index contributed by atoms with van der Waals surface area (Å²) >= 11 is 0. The third-order valence-electron chi connectivity index (χ3n) is 4.71. The molecule has 1 amide bonds. The SMILES string of the molecule is Cc1ccc(C2OCCCC2CNC(=O)Cc2ccc(O)cc2)cc1. The van der Waals surface area contributed by atoms with Crippen molar-refractivity contribution in [3.8, 4) is 5.75 Å². The van der Waals surface area contributed by atoms with Crippen molar-refractivity contribution in [3.05, 3.63) is 65.2 Å². The molecule has 3 rings (SSSR count). The van der Waals surface area contributed by atoms with Gasteiger partial charge in [-0.3, -0.25) is 4.79 Å². The minimum Gasteiger partial charge on any atom is -0.508 e. The first-order valence-corrected chi connectivity index (χ1v) is 8.84. The van der Waals surface area contributed by atoms with Crippen LogP contribution >= 0.6 is 0 Å². The van der Waals surface area contributed by atoms with Gasteiger partial charge in [0.1, 0.15) is 5.75 Å². The number of carbonyl (C=O) groups excluding carboxylic acids is 1. The lowest BCUT2D eigenvalue weighted by Crippen LogP contribution is -2.35. The molecule has 0 radical (unpaired) electrons. The quantitative estimate of drug-likeness (QED) is 0.876. The second kappa shape index (κ2) is 8.17. The minimum atomic E-state index is -0.00100. The van der Waals surface area contributed by atoms with Gasteiger partial charge in [-0.05, 0) is 43.0 Å². The summed E-state index contributed by atoms with van der Waals surface area (Å²) in [6, 6.07) is 15.2. The maximum Gasteiger partial charge on any atom is 0.224 e. The molecule has 1 saturated heterocycles. The van der Waals surface area contributed by atoms with Crippen LogP contribution in [0.5, 0.6) is 5.75 Å². The van der Waals surface area contributed by atoms with Crippen molar-refractivity contribution in [2.45, 2.75) is 32.3 Å². The highest BCUT2D eigenvalue weighted by molar-refractivity contribution is 5.78. The molecule has 2 N–H and O–H groups in total. The van der Waals surface area contributed by atoms with Crippen molar-refractivity contribution < 1.29 is 14.6 Å². The zero-order chi connectivity index (χ0) is 17.6. The summed E-state index contributed by atoms with van der Waals surface area (Å²) in [7, 11) is 0. The van der Waals surface area contributed by atoms with Gasteiger partial charge in [-0.25, -0.2) is 0 Å². The number of nitrogens with one attached hydrogen (secondary N) is 1. The number of phenols is 1. The zero-order valence-corrected chi connectivity index (χ0v) is 14.6. The Kier molecular flexibility index (Phi) is 5.71. The van der Waals surface area contributed by atoms with Gasteiger partial charge in [0.05, 0.1) is 12.5 Å². The van der Waals surface area contributed by atoms with Gasteiger partial charge in [0.2, 0.25) is 5.91 Å². The topological polar surface area (TPSA) is 58.6 Å². The summed E-state index contributed by atoms with van der Waals surface area (Å²) in [5.41, 5.74) is 3.31. The van der Waals surface area contributed by atoms with E-state index >= 15 is 0 Å². The Morgan fingerprint density at radius 2 is 1.88 bits per heavy atom. The van der Waals surface area contributed by atoms with E-state index in [1.54, 1.807) is 24.3 Å². The highest BCUT2D eigenvalue weighted by Crippen LogP contribution is 2.33. The molecule has 2 aromatic carbocycles. The highest BCUT2D eigenvalue weighted by Gasteiger charge is 2.27. The van der Waals surface area contributed by atoms with E-state index in [2.05, 4.69) is 36.5 Å². The van der Waals surface area contributed by atoms with Crippen LogP contribution in [0, 0.1) is 12.8 Å². The third-order valence-corrected chi connectivity index (χ3v) is 4.71. The summed E-state index contributed by atoms with van der Waals surface area (Å²) in [4.78, 5) is 12.2. The number of hydrogen-bond donors (Lipinski definition) is 2. The number of benzene rings is 2. The van der Waals surface area contributed by atoms with Crippen molar-refractivity contribution >= 4 is 5.91 Å². The molecule has 1 aliphatic heterocycles. The van der Waals surface area contributed by atoms with Crippen molar-refractivity contribution in [1.29, 1.82) is 0 Å². The summed E-state index contributed by atoms with van der Waals surface area (Å²) in [5.74, 6) is 0.503. The predicted molar refractivity (Wildman–Crippen MR) is 97.4 cm³/mol. The third kappa shape index (κ3) is 4.83. The molecule has 25 heavy (non-hydrogen) atoms. The Morgan fingerprint density at radius 3 is 2.60 bits per heavy atom. The van der Waals surface area contributed by atoms with Crippen LogP contribution in [-0.4, -0.2) is 24.2 Å². The Bertz CT molecular complexity index is 694. The maximum atomic E-state index is 12.2. The second-order valence-electron chi connectivity index (χ2n) is 6.75. The first-order chi connectivity index (χ1) is 12.1. The first kappa shape index (κ1) is 17.5. The molecule has 0 bridgehead atoms. The van der Waals surface area contributed by atoms with Crippen molar-refractivity contribution in [2.24, 2.45) is 5.92 Å². The van der Waals surface area contributed by atoms with Crippen LogP contribution < -0.4 is 5.32 Å². The smallest absolute Gasteiger partial charge is 0.224 e. The van der Waals surface area contributed by atoms with Crippen LogP contribution in [0.3, 0.4) is 0 Å². The zero-order valence-electron chi connectivity index (χ0n) is 14.6. The minimum absolute atomic E-state index is 0.00100. The fraction of sp³-hybridized carbons (Fsp3) is 0.381. The lowest BCUT2D eigenvalue weighted by atomic mass is 9.89. The molecule has 1 fully saturated rings. The molecular weight excluding hydrogens is 314 g/mol. The summed E-state index contributed by atoms with van der Waals surface area (Å²) in [5, 5.41) is 12.3. The van der Waals surface area contributed by atoms with Crippen molar-refractivity contribution in [1.82, 2.24) is 5.32 Å². The molecule has 4 nitrogen and oxygen atoms in total. The largest absolute Gasteiger partial charge is 0.508 e. The fourth-order valence-electron chi connectivity index (χ4n) is 3.28. The molecule has 1 aliphatic rings. The standard InChI is InChI=1S/C21H25NO3/c1-15-4-8-17(9-5-15)21-18(3-2-12-25-21)14-22-20(24)13-16-6-10-19(23)11-7-16/h4-11,18,21,23H,2-3,12-14H2,1H3,(H,22,24). The van der Waals surface area contributed by atoms with Gasteiger partial charge >= 0.3 is 0 Å². The Balaban J connectivity index is 1.57. The van der Waals surface area contributed by atoms with Gasteiger partial charge < -0.3 is 15.2 Å². The molecule has 0 aromatic heterocycles. The van der Waals surface area contributed by atoms with E-state index in [4.69, 9.17) is 4.74 Å². The number of ether oxygens (including phenoxy) is 1. The van der Waals surface area contributed by atoms with Gasteiger partial charge in [0.15, 0.2) is 0 Å². The second-order valence-corrected chi connectivity index (χ2v) is 6.75. The molecule has 2 atom stereocenters. The molecular formula is C21H25NO3. The van der Waals surface area contributed by atoms with E-state index in [0.717, 1.165) is 25.0 Å². The van der Waals surface area contributed by atoms with Crippen LogP contribution in [-0.2, 0) is 16.0 Å². The average molecular weight is 339 g/mol. The Hall–Kier alpha value is -2.33. The van der Waals surface area contributed by atoms with E-state index in [9.17, 15) is 9.90 Å². The Morgan fingerprint density at radius 1 is 1.16 bits per heavy atom. The molecule has 0 aliphatic carbocycles. The molecule has 2 aromatic rings. The van der Waals surface area contributed by atoms with E-state index in [1.807, 2.05) is 0 Å². The molecule has 1 heterocycles. The predicted octanol–water partition coefficient (Wildman–Crippen LogP) is 3.53. The van der Waals surface area contributed by atoms with Crippen molar-refractivity contribution in [3.63, 3.8) is 0 Å².